The van der Waals surface area contributed by atoms with Crippen LogP contribution in [0.1, 0.15) is 24.4 Å². The molecule has 1 fully saturated rings. The Morgan fingerprint density at radius 1 is 1.25 bits per heavy atom. The summed E-state index contributed by atoms with van der Waals surface area (Å²) >= 11 is 0. The molecular weight excluding hydrogens is 250 g/mol. The highest BCUT2D eigenvalue weighted by Gasteiger charge is 2.20. The van der Waals surface area contributed by atoms with Crippen molar-refractivity contribution in [3.05, 3.63) is 42.4 Å². The smallest absolute Gasteiger partial charge is 0.145 e. The van der Waals surface area contributed by atoms with E-state index in [1.807, 2.05) is 35.4 Å². The number of aromatic nitrogens is 3. The summed E-state index contributed by atoms with van der Waals surface area (Å²) in [7, 11) is 0. The number of nitrogens with two attached hydrogens (primary N) is 1. The van der Waals surface area contributed by atoms with Crippen molar-refractivity contribution in [3.63, 3.8) is 0 Å². The highest BCUT2D eigenvalue weighted by molar-refractivity contribution is 5.24. The lowest BCUT2D eigenvalue weighted by Crippen LogP contribution is -2.36. The molecule has 5 heteroatoms. The molecule has 2 aromatic rings. The highest BCUT2D eigenvalue weighted by atomic mass is 15.3. The normalized spacial score (nSPS) is 17.4. The van der Waals surface area contributed by atoms with Crippen molar-refractivity contribution < 1.29 is 0 Å². The SMILES string of the molecule is Nc1ccn(C2CCN(CCc3cccnc3)CC2)n1. The Labute approximate surface area is 119 Å². The van der Waals surface area contributed by atoms with Gasteiger partial charge in [0.15, 0.2) is 0 Å². The molecular formula is C15H21N5. The summed E-state index contributed by atoms with van der Waals surface area (Å²) in [5, 5.41) is 4.32. The third-order valence-electron chi connectivity index (χ3n) is 4.00. The van der Waals surface area contributed by atoms with E-state index in [9.17, 15) is 0 Å². The van der Waals surface area contributed by atoms with Crippen LogP contribution in [0.25, 0.3) is 0 Å². The van der Waals surface area contributed by atoms with Crippen molar-refractivity contribution in [3.8, 4) is 0 Å². The Morgan fingerprint density at radius 3 is 2.75 bits per heavy atom. The molecule has 5 nitrogen and oxygen atoms in total. The van der Waals surface area contributed by atoms with E-state index in [1.165, 1.54) is 5.56 Å². The van der Waals surface area contributed by atoms with E-state index in [1.54, 1.807) is 0 Å². The Kier molecular flexibility index (Phi) is 3.97. The average Bonchev–Trinajstić information content (AvgIpc) is 2.93. The molecule has 2 N–H and O–H groups in total. The molecule has 0 spiro atoms. The van der Waals surface area contributed by atoms with E-state index in [0.29, 0.717) is 11.9 Å². The first-order valence-electron chi connectivity index (χ1n) is 7.23. The molecule has 2 aromatic heterocycles. The summed E-state index contributed by atoms with van der Waals surface area (Å²) < 4.78 is 2.02. The standard InChI is InChI=1S/C15H21N5/c16-15-6-11-20(18-15)14-4-9-19(10-5-14)8-3-13-2-1-7-17-12-13/h1-2,6-7,11-12,14H,3-5,8-10H2,(H2,16,18). The van der Waals surface area contributed by atoms with Crippen LogP contribution in [0.3, 0.4) is 0 Å². The topological polar surface area (TPSA) is 60.0 Å². The third kappa shape index (κ3) is 3.17. The first-order valence-corrected chi connectivity index (χ1v) is 7.23. The molecule has 0 amide bonds. The molecule has 0 atom stereocenters. The Balaban J connectivity index is 1.47. The van der Waals surface area contributed by atoms with Gasteiger partial charge in [-0.25, -0.2) is 0 Å². The van der Waals surface area contributed by atoms with Gasteiger partial charge in [-0.1, -0.05) is 6.07 Å². The maximum atomic E-state index is 5.68. The minimum Gasteiger partial charge on any atom is -0.382 e. The largest absolute Gasteiger partial charge is 0.382 e. The van der Waals surface area contributed by atoms with Crippen molar-refractivity contribution in [1.29, 1.82) is 0 Å². The maximum absolute atomic E-state index is 5.68. The summed E-state index contributed by atoms with van der Waals surface area (Å²) in [5.41, 5.74) is 6.99. The van der Waals surface area contributed by atoms with Gasteiger partial charge in [-0.15, -0.1) is 0 Å². The fourth-order valence-corrected chi connectivity index (χ4v) is 2.80. The summed E-state index contributed by atoms with van der Waals surface area (Å²) in [5.74, 6) is 0.615. The predicted molar refractivity (Wildman–Crippen MR) is 79.3 cm³/mol. The fraction of sp³-hybridized carbons (Fsp3) is 0.467. The first kappa shape index (κ1) is 13.1. The van der Waals surface area contributed by atoms with Gasteiger partial charge in [0.25, 0.3) is 0 Å². The number of hydrogen-bond acceptors (Lipinski definition) is 4. The number of hydrogen-bond donors (Lipinski definition) is 1. The van der Waals surface area contributed by atoms with E-state index in [4.69, 9.17) is 5.73 Å². The van der Waals surface area contributed by atoms with Crippen LogP contribution in [-0.2, 0) is 6.42 Å². The first-order chi connectivity index (χ1) is 9.81. The number of nitrogens with zero attached hydrogens (tertiary/aromatic N) is 4. The van der Waals surface area contributed by atoms with Gasteiger partial charge in [0, 0.05) is 38.2 Å². The second-order valence-corrected chi connectivity index (χ2v) is 5.40. The highest BCUT2D eigenvalue weighted by Crippen LogP contribution is 2.22. The van der Waals surface area contributed by atoms with E-state index in [0.717, 1.165) is 38.9 Å². The zero-order valence-corrected chi connectivity index (χ0v) is 11.7. The Morgan fingerprint density at radius 2 is 2.10 bits per heavy atom. The van der Waals surface area contributed by atoms with Crippen LogP contribution in [-0.4, -0.2) is 39.3 Å². The van der Waals surface area contributed by atoms with Gasteiger partial charge in [0.1, 0.15) is 5.82 Å². The van der Waals surface area contributed by atoms with Gasteiger partial charge in [-0.05, 0) is 37.0 Å². The van der Waals surface area contributed by atoms with Crippen LogP contribution >= 0.6 is 0 Å². The molecule has 0 bridgehead atoms. The number of likely N-dealkylation sites (tertiary alicyclic amines) is 1. The van der Waals surface area contributed by atoms with Crippen LogP contribution in [0, 0.1) is 0 Å². The average molecular weight is 271 g/mol. The zero-order valence-electron chi connectivity index (χ0n) is 11.7. The zero-order chi connectivity index (χ0) is 13.8. The van der Waals surface area contributed by atoms with Gasteiger partial charge in [-0.2, -0.15) is 5.10 Å². The molecule has 0 radical (unpaired) electrons. The van der Waals surface area contributed by atoms with E-state index < -0.39 is 0 Å². The second-order valence-electron chi connectivity index (χ2n) is 5.40. The van der Waals surface area contributed by atoms with Crippen molar-refractivity contribution in [2.45, 2.75) is 25.3 Å². The number of pyridine rings is 1. The van der Waals surface area contributed by atoms with Crippen LogP contribution < -0.4 is 5.73 Å². The molecule has 1 aliphatic heterocycles. The van der Waals surface area contributed by atoms with Gasteiger partial charge in [0.05, 0.1) is 6.04 Å². The Bertz CT molecular complexity index is 528. The lowest BCUT2D eigenvalue weighted by Gasteiger charge is -2.32. The van der Waals surface area contributed by atoms with E-state index in [-0.39, 0.29) is 0 Å². The number of anilines is 1. The van der Waals surface area contributed by atoms with Gasteiger partial charge < -0.3 is 10.6 Å². The summed E-state index contributed by atoms with van der Waals surface area (Å²) in [6, 6.07) is 6.52. The van der Waals surface area contributed by atoms with Crippen LogP contribution in [0.2, 0.25) is 0 Å². The minimum atomic E-state index is 0.502. The third-order valence-corrected chi connectivity index (χ3v) is 4.00. The molecule has 3 rings (SSSR count). The lowest BCUT2D eigenvalue weighted by atomic mass is 10.0. The quantitative estimate of drug-likeness (QED) is 0.920. The second kappa shape index (κ2) is 6.05. The maximum Gasteiger partial charge on any atom is 0.145 e. The van der Waals surface area contributed by atoms with Crippen LogP contribution in [0.15, 0.2) is 36.8 Å². The van der Waals surface area contributed by atoms with Crippen molar-refractivity contribution >= 4 is 5.82 Å². The van der Waals surface area contributed by atoms with Gasteiger partial charge >= 0.3 is 0 Å². The van der Waals surface area contributed by atoms with E-state index in [2.05, 4.69) is 21.0 Å². The molecule has 3 heterocycles. The molecule has 106 valence electrons. The molecule has 0 aliphatic carbocycles. The number of piperidine rings is 1. The van der Waals surface area contributed by atoms with Crippen molar-refractivity contribution in [2.24, 2.45) is 0 Å². The molecule has 0 unspecified atom stereocenters. The van der Waals surface area contributed by atoms with Gasteiger partial charge in [-0.3, -0.25) is 9.67 Å². The summed E-state index contributed by atoms with van der Waals surface area (Å²) in [6.07, 6.45) is 9.14. The van der Waals surface area contributed by atoms with E-state index >= 15 is 0 Å². The molecule has 0 saturated carbocycles. The summed E-state index contributed by atoms with van der Waals surface area (Å²) in [6.45, 7) is 3.37. The molecule has 1 aliphatic rings. The monoisotopic (exact) mass is 271 g/mol. The lowest BCUT2D eigenvalue weighted by molar-refractivity contribution is 0.182. The van der Waals surface area contributed by atoms with Gasteiger partial charge in [0.2, 0.25) is 0 Å². The fourth-order valence-electron chi connectivity index (χ4n) is 2.80. The Hall–Kier alpha value is -1.88. The minimum absolute atomic E-state index is 0.502. The van der Waals surface area contributed by atoms with Crippen LogP contribution in [0.5, 0.6) is 0 Å². The summed E-state index contributed by atoms with van der Waals surface area (Å²) in [4.78, 5) is 6.68. The van der Waals surface area contributed by atoms with Crippen molar-refractivity contribution in [1.82, 2.24) is 19.7 Å². The molecule has 20 heavy (non-hydrogen) atoms. The number of nitrogen functional groups attached to an aromatic ring is 1. The molecule has 1 saturated heterocycles. The van der Waals surface area contributed by atoms with Crippen molar-refractivity contribution in [2.75, 3.05) is 25.4 Å². The molecule has 0 aromatic carbocycles. The predicted octanol–water partition coefficient (Wildman–Crippen LogP) is 1.74. The van der Waals surface area contributed by atoms with Crippen LogP contribution in [0.4, 0.5) is 5.82 Å². The number of rotatable bonds is 4.